The Balaban J connectivity index is 1.98. The van der Waals surface area contributed by atoms with Crippen molar-refractivity contribution >= 4 is 35.1 Å². The van der Waals surface area contributed by atoms with Crippen molar-refractivity contribution < 1.29 is 29.3 Å². The third-order valence-electron chi connectivity index (χ3n) is 5.10. The van der Waals surface area contributed by atoms with E-state index < -0.39 is 30.1 Å². The summed E-state index contributed by atoms with van der Waals surface area (Å²) in [7, 11) is 0. The fourth-order valence-electron chi connectivity index (χ4n) is 3.97. The zero-order chi connectivity index (χ0) is 20.4. The number of fused-ring (bicyclic) bond motifs is 2. The van der Waals surface area contributed by atoms with E-state index in [1.54, 1.807) is 12.1 Å². The van der Waals surface area contributed by atoms with E-state index in [0.29, 0.717) is 18.1 Å². The van der Waals surface area contributed by atoms with Gasteiger partial charge >= 0.3 is 17.9 Å². The molecule has 2 N–H and O–H groups in total. The molecule has 1 saturated heterocycles. The predicted molar refractivity (Wildman–Crippen MR) is 102 cm³/mol. The molecule has 2 aliphatic rings. The van der Waals surface area contributed by atoms with Crippen molar-refractivity contribution in [3.05, 3.63) is 52.6 Å². The molecule has 2 aliphatic heterocycles. The van der Waals surface area contributed by atoms with E-state index in [1.165, 1.54) is 6.92 Å². The SMILES string of the molecule is CC(=O)OC1CC(/C(=C/C(=O)O)C(=O)O)N2CC=C(c3ccc(Cl)cc3)C1C2. The summed E-state index contributed by atoms with van der Waals surface area (Å²) < 4.78 is 5.52. The Morgan fingerprint density at radius 2 is 1.89 bits per heavy atom. The number of hydrogen-bond donors (Lipinski definition) is 2. The molecule has 0 aromatic heterocycles. The summed E-state index contributed by atoms with van der Waals surface area (Å²) in [5, 5.41) is 19.2. The molecule has 7 nitrogen and oxygen atoms in total. The van der Waals surface area contributed by atoms with Crippen LogP contribution >= 0.6 is 11.6 Å². The molecule has 4 unspecified atom stereocenters. The molecule has 4 atom stereocenters. The zero-order valence-corrected chi connectivity index (χ0v) is 15.9. The van der Waals surface area contributed by atoms with Gasteiger partial charge in [0, 0.05) is 49.5 Å². The topological polar surface area (TPSA) is 104 Å². The number of rotatable bonds is 5. The minimum Gasteiger partial charge on any atom is -0.478 e. The second-order valence-electron chi connectivity index (χ2n) is 6.87. The summed E-state index contributed by atoms with van der Waals surface area (Å²) in [6, 6.07) is 6.71. The molecule has 0 saturated carbocycles. The van der Waals surface area contributed by atoms with Gasteiger partial charge in [0.15, 0.2) is 0 Å². The van der Waals surface area contributed by atoms with Gasteiger partial charge in [0.1, 0.15) is 6.10 Å². The van der Waals surface area contributed by atoms with Gasteiger partial charge in [-0.25, -0.2) is 9.59 Å². The number of hydrogen-bond acceptors (Lipinski definition) is 5. The van der Waals surface area contributed by atoms with Gasteiger partial charge in [0.2, 0.25) is 0 Å². The monoisotopic (exact) mass is 405 g/mol. The number of carbonyl (C=O) groups excluding carboxylic acids is 1. The lowest BCUT2D eigenvalue weighted by molar-refractivity contribution is -0.151. The highest BCUT2D eigenvalue weighted by Crippen LogP contribution is 2.40. The third-order valence-corrected chi connectivity index (χ3v) is 5.35. The van der Waals surface area contributed by atoms with E-state index in [1.807, 2.05) is 23.1 Å². The fourth-order valence-corrected chi connectivity index (χ4v) is 4.10. The van der Waals surface area contributed by atoms with Gasteiger partial charge < -0.3 is 14.9 Å². The van der Waals surface area contributed by atoms with E-state index in [4.69, 9.17) is 21.4 Å². The summed E-state index contributed by atoms with van der Waals surface area (Å²) in [6.07, 6.45) is 2.34. The molecule has 2 bridgehead atoms. The minimum atomic E-state index is -1.32. The number of ether oxygens (including phenoxy) is 1. The van der Waals surface area contributed by atoms with Crippen LogP contribution in [0.2, 0.25) is 5.02 Å². The molecule has 0 spiro atoms. The molecule has 1 aromatic rings. The largest absolute Gasteiger partial charge is 0.478 e. The number of halogens is 1. The lowest BCUT2D eigenvalue weighted by atomic mass is 9.77. The zero-order valence-electron chi connectivity index (χ0n) is 15.2. The lowest BCUT2D eigenvalue weighted by Crippen LogP contribution is -2.54. The van der Waals surface area contributed by atoms with Crippen molar-refractivity contribution in [3.63, 3.8) is 0 Å². The van der Waals surface area contributed by atoms with Gasteiger partial charge in [0.25, 0.3) is 0 Å². The molecule has 1 aromatic carbocycles. The van der Waals surface area contributed by atoms with Crippen LogP contribution in [0.25, 0.3) is 5.57 Å². The molecule has 3 rings (SSSR count). The second-order valence-corrected chi connectivity index (χ2v) is 7.31. The average molecular weight is 406 g/mol. The molecule has 28 heavy (non-hydrogen) atoms. The van der Waals surface area contributed by atoms with Gasteiger partial charge in [-0.15, -0.1) is 0 Å². The van der Waals surface area contributed by atoms with E-state index >= 15 is 0 Å². The number of carbonyl (C=O) groups is 3. The average Bonchev–Trinajstić information content (AvgIpc) is 2.62. The van der Waals surface area contributed by atoms with E-state index in [2.05, 4.69) is 0 Å². The van der Waals surface area contributed by atoms with Crippen molar-refractivity contribution in [2.75, 3.05) is 13.1 Å². The van der Waals surface area contributed by atoms with Gasteiger partial charge in [-0.05, 0) is 23.3 Å². The number of aliphatic carboxylic acids is 2. The van der Waals surface area contributed by atoms with Gasteiger partial charge in [0.05, 0.1) is 5.57 Å². The lowest BCUT2D eigenvalue weighted by Gasteiger charge is -2.47. The van der Waals surface area contributed by atoms with Crippen molar-refractivity contribution in [2.24, 2.45) is 5.92 Å². The molecular weight excluding hydrogens is 386 g/mol. The Bertz CT molecular complexity index is 860. The first kappa shape index (κ1) is 20.1. The maximum Gasteiger partial charge on any atom is 0.333 e. The van der Waals surface area contributed by atoms with Crippen LogP contribution in [-0.2, 0) is 19.1 Å². The summed E-state index contributed by atoms with van der Waals surface area (Å²) in [4.78, 5) is 36.3. The normalized spacial score (nSPS) is 26.9. The predicted octanol–water partition coefficient (Wildman–Crippen LogP) is 2.45. The Morgan fingerprint density at radius 3 is 2.46 bits per heavy atom. The van der Waals surface area contributed by atoms with Crippen LogP contribution in [0.15, 0.2) is 42.0 Å². The first-order valence-corrected chi connectivity index (χ1v) is 9.19. The minimum absolute atomic E-state index is 0.144. The smallest absolute Gasteiger partial charge is 0.333 e. The number of carboxylic acid groups (broad SMARTS) is 2. The molecule has 1 fully saturated rings. The summed E-state index contributed by atoms with van der Waals surface area (Å²) in [5.74, 6) is -3.22. The summed E-state index contributed by atoms with van der Waals surface area (Å²) in [5.41, 5.74) is 1.76. The van der Waals surface area contributed by atoms with Crippen LogP contribution in [0.5, 0.6) is 0 Å². The maximum atomic E-state index is 11.7. The summed E-state index contributed by atoms with van der Waals surface area (Å²) in [6.45, 7) is 2.23. The Morgan fingerprint density at radius 1 is 1.21 bits per heavy atom. The van der Waals surface area contributed by atoms with E-state index in [-0.39, 0.29) is 17.9 Å². The van der Waals surface area contributed by atoms with Crippen LogP contribution in [0.4, 0.5) is 0 Å². The molecule has 0 radical (unpaired) electrons. The molecule has 0 aliphatic carbocycles. The third kappa shape index (κ3) is 4.26. The quantitative estimate of drug-likeness (QED) is 0.572. The molecule has 148 valence electrons. The van der Waals surface area contributed by atoms with Crippen LogP contribution in [0.1, 0.15) is 18.9 Å². The molecular formula is C20H20ClNO6. The second kappa shape index (κ2) is 8.16. The van der Waals surface area contributed by atoms with Crippen LogP contribution in [0, 0.1) is 5.92 Å². The number of benzene rings is 1. The van der Waals surface area contributed by atoms with E-state index in [0.717, 1.165) is 17.2 Å². The first-order valence-electron chi connectivity index (χ1n) is 8.81. The van der Waals surface area contributed by atoms with Crippen molar-refractivity contribution in [1.29, 1.82) is 0 Å². The molecule has 8 heteroatoms. The van der Waals surface area contributed by atoms with Crippen molar-refractivity contribution in [2.45, 2.75) is 25.5 Å². The van der Waals surface area contributed by atoms with Crippen molar-refractivity contribution in [1.82, 2.24) is 4.90 Å². The Kier molecular flexibility index (Phi) is 5.86. The maximum absolute atomic E-state index is 11.7. The standard InChI is InChI=1S/C20H20ClNO6/c1-11(23)28-18-9-17(15(20(26)27)8-19(24)25)22-7-6-14(16(18)10-22)12-2-4-13(21)5-3-12/h2-6,8,16-18H,7,9-10H2,1H3,(H,24,25)(H,26,27)/b15-8-. The summed E-state index contributed by atoms with van der Waals surface area (Å²) >= 11 is 5.97. The van der Waals surface area contributed by atoms with Crippen LogP contribution < -0.4 is 0 Å². The Hall–Kier alpha value is -2.64. The Labute approximate surface area is 166 Å². The number of esters is 1. The highest BCUT2D eigenvalue weighted by molar-refractivity contribution is 6.30. The van der Waals surface area contributed by atoms with Crippen LogP contribution in [0.3, 0.4) is 0 Å². The molecule has 2 heterocycles. The highest BCUT2D eigenvalue weighted by Gasteiger charge is 2.44. The number of nitrogens with zero attached hydrogens (tertiary/aromatic N) is 1. The molecule has 0 amide bonds. The fraction of sp³-hybridized carbons (Fsp3) is 0.350. The van der Waals surface area contributed by atoms with Gasteiger partial charge in [-0.1, -0.05) is 29.8 Å². The highest BCUT2D eigenvalue weighted by atomic mass is 35.5. The number of piperidine rings is 1. The van der Waals surface area contributed by atoms with Gasteiger partial charge in [-0.2, -0.15) is 0 Å². The van der Waals surface area contributed by atoms with E-state index in [9.17, 15) is 19.5 Å². The van der Waals surface area contributed by atoms with Gasteiger partial charge in [-0.3, -0.25) is 9.69 Å². The first-order chi connectivity index (χ1) is 13.3. The van der Waals surface area contributed by atoms with Crippen LogP contribution in [-0.4, -0.2) is 58.3 Å². The number of carboxylic acids is 2. The van der Waals surface area contributed by atoms with Crippen molar-refractivity contribution in [3.8, 4) is 0 Å².